The summed E-state index contributed by atoms with van der Waals surface area (Å²) in [6.45, 7) is 9.77. The summed E-state index contributed by atoms with van der Waals surface area (Å²) < 4.78 is 0. The molecule has 116 valence electrons. The molecule has 0 radical (unpaired) electrons. The number of likely N-dealkylation sites (tertiary alicyclic amines) is 1. The molecule has 2 rings (SSSR count). The third kappa shape index (κ3) is 3.53. The Morgan fingerprint density at radius 1 is 1.30 bits per heavy atom. The highest BCUT2D eigenvalue weighted by Gasteiger charge is 2.40. The summed E-state index contributed by atoms with van der Waals surface area (Å²) in [5.41, 5.74) is 0. The molecular formula is C16H31N3O. The average Bonchev–Trinajstić information content (AvgIpc) is 2.71. The Bertz CT molecular complexity index is 324. The standard InChI is InChI=1S/C16H31N3O/c1-5-6-14-17-15(12(2)3)16(20)19(14)11-13-7-9-18(4)10-8-13/h12-15,17H,5-11H2,1-4H3. The maximum Gasteiger partial charge on any atom is 0.241 e. The highest BCUT2D eigenvalue weighted by Crippen LogP contribution is 2.24. The van der Waals surface area contributed by atoms with Crippen LogP contribution in [0.5, 0.6) is 0 Å². The van der Waals surface area contributed by atoms with Gasteiger partial charge in [-0.25, -0.2) is 0 Å². The van der Waals surface area contributed by atoms with E-state index < -0.39 is 0 Å². The van der Waals surface area contributed by atoms with Crippen molar-refractivity contribution in [2.45, 2.75) is 58.7 Å². The van der Waals surface area contributed by atoms with E-state index in [-0.39, 0.29) is 12.2 Å². The van der Waals surface area contributed by atoms with Crippen LogP contribution in [0.1, 0.15) is 46.5 Å². The predicted molar refractivity (Wildman–Crippen MR) is 82.4 cm³/mol. The molecule has 0 aromatic rings. The number of rotatable bonds is 5. The van der Waals surface area contributed by atoms with E-state index in [0.29, 0.717) is 17.7 Å². The Morgan fingerprint density at radius 3 is 2.50 bits per heavy atom. The van der Waals surface area contributed by atoms with E-state index in [1.165, 1.54) is 25.9 Å². The largest absolute Gasteiger partial charge is 0.326 e. The maximum absolute atomic E-state index is 12.6. The minimum atomic E-state index is 0.0258. The van der Waals surface area contributed by atoms with Gasteiger partial charge in [0.2, 0.25) is 5.91 Å². The molecule has 2 fully saturated rings. The minimum absolute atomic E-state index is 0.0258. The summed E-state index contributed by atoms with van der Waals surface area (Å²) in [6, 6.07) is 0.0258. The van der Waals surface area contributed by atoms with Crippen molar-refractivity contribution in [3.63, 3.8) is 0 Å². The molecule has 2 atom stereocenters. The molecule has 0 bridgehead atoms. The van der Waals surface area contributed by atoms with E-state index in [1.54, 1.807) is 0 Å². The van der Waals surface area contributed by atoms with Gasteiger partial charge in [0.05, 0.1) is 12.2 Å². The second kappa shape index (κ2) is 6.90. The van der Waals surface area contributed by atoms with E-state index in [0.717, 1.165) is 19.4 Å². The molecule has 1 N–H and O–H groups in total. The Kier molecular flexibility index (Phi) is 5.44. The van der Waals surface area contributed by atoms with Crippen molar-refractivity contribution in [1.29, 1.82) is 0 Å². The molecule has 2 unspecified atom stereocenters. The van der Waals surface area contributed by atoms with E-state index in [2.05, 4.69) is 42.9 Å². The van der Waals surface area contributed by atoms with Crippen molar-refractivity contribution in [2.75, 3.05) is 26.7 Å². The molecule has 0 saturated carbocycles. The molecule has 2 heterocycles. The minimum Gasteiger partial charge on any atom is -0.326 e. The third-order valence-electron chi connectivity index (χ3n) is 4.82. The molecule has 0 aromatic heterocycles. The molecular weight excluding hydrogens is 250 g/mol. The van der Waals surface area contributed by atoms with Gasteiger partial charge in [0.25, 0.3) is 0 Å². The highest BCUT2D eigenvalue weighted by molar-refractivity contribution is 5.84. The number of carbonyl (C=O) groups excluding carboxylic acids is 1. The Morgan fingerprint density at radius 2 is 1.95 bits per heavy atom. The summed E-state index contributed by atoms with van der Waals surface area (Å²) in [6.07, 6.45) is 4.91. The second-order valence-electron chi connectivity index (χ2n) is 6.93. The van der Waals surface area contributed by atoms with Gasteiger partial charge >= 0.3 is 0 Å². The van der Waals surface area contributed by atoms with Crippen molar-refractivity contribution in [1.82, 2.24) is 15.1 Å². The molecule has 2 saturated heterocycles. The number of carbonyl (C=O) groups is 1. The van der Waals surface area contributed by atoms with Gasteiger partial charge in [-0.15, -0.1) is 0 Å². The average molecular weight is 281 g/mol. The summed E-state index contributed by atoms with van der Waals surface area (Å²) in [4.78, 5) is 17.2. The predicted octanol–water partition coefficient (Wildman–Crippen LogP) is 1.91. The lowest BCUT2D eigenvalue weighted by Crippen LogP contribution is -2.43. The van der Waals surface area contributed by atoms with E-state index in [4.69, 9.17) is 0 Å². The van der Waals surface area contributed by atoms with Crippen molar-refractivity contribution < 1.29 is 4.79 Å². The van der Waals surface area contributed by atoms with Crippen LogP contribution in [0.4, 0.5) is 0 Å². The van der Waals surface area contributed by atoms with Crippen molar-refractivity contribution in [3.8, 4) is 0 Å². The zero-order valence-electron chi connectivity index (χ0n) is 13.6. The molecule has 0 spiro atoms. The number of nitrogens with zero attached hydrogens (tertiary/aromatic N) is 2. The van der Waals surface area contributed by atoms with Crippen LogP contribution in [-0.2, 0) is 4.79 Å². The molecule has 4 nitrogen and oxygen atoms in total. The normalized spacial score (nSPS) is 29.6. The van der Waals surface area contributed by atoms with Gasteiger partial charge in [-0.1, -0.05) is 27.2 Å². The zero-order chi connectivity index (χ0) is 14.7. The first-order valence-corrected chi connectivity index (χ1v) is 8.28. The molecule has 20 heavy (non-hydrogen) atoms. The molecule has 2 aliphatic heterocycles. The lowest BCUT2D eigenvalue weighted by Gasteiger charge is -2.33. The van der Waals surface area contributed by atoms with Crippen LogP contribution >= 0.6 is 0 Å². The highest BCUT2D eigenvalue weighted by atomic mass is 16.2. The van der Waals surface area contributed by atoms with Gasteiger partial charge in [-0.05, 0) is 51.2 Å². The molecule has 1 amide bonds. The number of amides is 1. The monoisotopic (exact) mass is 281 g/mol. The topological polar surface area (TPSA) is 35.6 Å². The van der Waals surface area contributed by atoms with Crippen LogP contribution in [0.3, 0.4) is 0 Å². The fourth-order valence-electron chi connectivity index (χ4n) is 3.43. The molecule has 4 heteroatoms. The van der Waals surface area contributed by atoms with E-state index in [1.807, 2.05) is 0 Å². The summed E-state index contributed by atoms with van der Waals surface area (Å²) >= 11 is 0. The third-order valence-corrected chi connectivity index (χ3v) is 4.82. The van der Waals surface area contributed by atoms with Crippen molar-refractivity contribution in [3.05, 3.63) is 0 Å². The van der Waals surface area contributed by atoms with Gasteiger partial charge in [0.1, 0.15) is 0 Å². The zero-order valence-corrected chi connectivity index (χ0v) is 13.6. The second-order valence-corrected chi connectivity index (χ2v) is 6.93. The van der Waals surface area contributed by atoms with Crippen LogP contribution < -0.4 is 5.32 Å². The van der Waals surface area contributed by atoms with Gasteiger partial charge in [-0.2, -0.15) is 0 Å². The molecule has 0 aromatic carbocycles. The quantitative estimate of drug-likeness (QED) is 0.836. The van der Waals surface area contributed by atoms with Gasteiger partial charge in [-0.3, -0.25) is 10.1 Å². The van der Waals surface area contributed by atoms with Crippen LogP contribution in [-0.4, -0.2) is 54.6 Å². The van der Waals surface area contributed by atoms with Crippen LogP contribution in [0.15, 0.2) is 0 Å². The lowest BCUT2D eigenvalue weighted by atomic mass is 9.96. The number of hydrogen-bond acceptors (Lipinski definition) is 3. The first kappa shape index (κ1) is 15.8. The Hall–Kier alpha value is -0.610. The Balaban J connectivity index is 1.97. The summed E-state index contributed by atoms with van der Waals surface area (Å²) in [7, 11) is 2.19. The van der Waals surface area contributed by atoms with E-state index >= 15 is 0 Å². The lowest BCUT2D eigenvalue weighted by molar-refractivity contribution is -0.131. The molecule has 0 aliphatic carbocycles. The number of nitrogens with one attached hydrogen (secondary N) is 1. The number of hydrogen-bond donors (Lipinski definition) is 1. The number of piperidine rings is 1. The molecule has 2 aliphatic rings. The Labute approximate surface area is 123 Å². The maximum atomic E-state index is 12.6. The van der Waals surface area contributed by atoms with Gasteiger partial charge in [0, 0.05) is 6.54 Å². The fraction of sp³-hybridized carbons (Fsp3) is 0.938. The van der Waals surface area contributed by atoms with E-state index in [9.17, 15) is 4.79 Å². The fourth-order valence-corrected chi connectivity index (χ4v) is 3.43. The van der Waals surface area contributed by atoms with Crippen molar-refractivity contribution >= 4 is 5.91 Å². The van der Waals surface area contributed by atoms with Gasteiger partial charge in [0.15, 0.2) is 0 Å². The first-order valence-electron chi connectivity index (χ1n) is 8.28. The summed E-state index contributed by atoms with van der Waals surface area (Å²) in [5, 5.41) is 3.56. The smallest absolute Gasteiger partial charge is 0.241 e. The first-order chi connectivity index (χ1) is 9.52. The van der Waals surface area contributed by atoms with Crippen LogP contribution in [0, 0.1) is 11.8 Å². The summed E-state index contributed by atoms with van der Waals surface area (Å²) in [5.74, 6) is 1.39. The van der Waals surface area contributed by atoms with Gasteiger partial charge < -0.3 is 9.80 Å². The van der Waals surface area contributed by atoms with Crippen molar-refractivity contribution in [2.24, 2.45) is 11.8 Å². The van der Waals surface area contributed by atoms with Crippen LogP contribution in [0.2, 0.25) is 0 Å². The van der Waals surface area contributed by atoms with Crippen LogP contribution in [0.25, 0.3) is 0 Å². The SMILES string of the molecule is CCCC1NC(C(C)C)C(=O)N1CC1CCN(C)CC1.